The van der Waals surface area contributed by atoms with Crippen LogP contribution in [-0.4, -0.2) is 0 Å². The summed E-state index contributed by atoms with van der Waals surface area (Å²) in [5, 5.41) is 0. The average Bonchev–Trinajstić information content (AvgIpc) is 3.29. The number of rotatable bonds is 7. The fourth-order valence-electron chi connectivity index (χ4n) is 1.78. The Morgan fingerprint density at radius 3 is 1.43 bits per heavy atom. The first kappa shape index (κ1) is 25.9. The van der Waals surface area contributed by atoms with E-state index in [-0.39, 0.29) is 26.2 Å². The minimum absolute atomic E-state index is 0. The monoisotopic (exact) mass is 386 g/mol. The Kier molecular flexibility index (Phi) is 25.4. The van der Waals surface area contributed by atoms with E-state index in [1.165, 1.54) is 37.7 Å². The third-order valence-corrected chi connectivity index (χ3v) is 3.15. The van der Waals surface area contributed by atoms with E-state index in [4.69, 9.17) is 0 Å². The summed E-state index contributed by atoms with van der Waals surface area (Å²) in [6.45, 7) is 8.37. The smallest absolute Gasteiger partial charge is 0.500 e. The van der Waals surface area contributed by atoms with E-state index >= 15 is 0 Å². The molecule has 122 valence electrons. The summed E-state index contributed by atoms with van der Waals surface area (Å²) in [5.74, 6) is 0. The molecule has 0 unspecified atom stereocenters. The van der Waals surface area contributed by atoms with E-state index in [1.54, 1.807) is 0 Å². The molecule has 0 aromatic rings. The van der Waals surface area contributed by atoms with Crippen LogP contribution >= 0.6 is 0 Å². The maximum absolute atomic E-state index is 3.92. The molecule has 0 atom stereocenters. The summed E-state index contributed by atoms with van der Waals surface area (Å²) in [6.07, 6.45) is 31.9. The van der Waals surface area contributed by atoms with Crippen molar-refractivity contribution in [1.29, 1.82) is 0 Å². The van der Waals surface area contributed by atoms with Crippen molar-refractivity contribution in [3.8, 4) is 0 Å². The van der Waals surface area contributed by atoms with Crippen molar-refractivity contribution in [2.45, 2.75) is 58.8 Å². The third-order valence-electron chi connectivity index (χ3n) is 3.15. The summed E-state index contributed by atoms with van der Waals surface area (Å²) >= 11 is 0. The molecule has 2 rings (SSSR count). The van der Waals surface area contributed by atoms with Crippen LogP contribution in [0, 0.1) is 77.2 Å². The second-order valence-corrected chi connectivity index (χ2v) is 5.16. The van der Waals surface area contributed by atoms with Gasteiger partial charge >= 0.3 is 26.2 Å². The second kappa shape index (κ2) is 22.6. The SMILES string of the molecule is [CH2-]CC(=[C-]CCCC)CCCC.[CH]1[CH][CH][CH][CH]1.[CH]1[CH][CH][CH][CH]1.[Zr+4]. The molecule has 2 aliphatic carbocycles. The molecule has 0 aromatic heterocycles. The van der Waals surface area contributed by atoms with Gasteiger partial charge in [0.1, 0.15) is 0 Å². The summed E-state index contributed by atoms with van der Waals surface area (Å²) in [7, 11) is 0. The molecular formula is C22H32Zr+2. The maximum atomic E-state index is 3.92. The Balaban J connectivity index is 0. The van der Waals surface area contributed by atoms with Gasteiger partial charge in [-0.25, -0.2) is 0 Å². The summed E-state index contributed by atoms with van der Waals surface area (Å²) in [5.41, 5.74) is 1.44. The molecule has 0 spiro atoms. The standard InChI is InChI=1S/C12H22.2C5H5.Zr/c1-4-7-9-11-12(6-3)10-8-5-2;2*1-2-4-5-3-1;/h3-10H2,1-2H3;2*1-5H;/q-2;;;+4. The molecule has 2 fully saturated rings. The van der Waals surface area contributed by atoms with Crippen LogP contribution in [0.2, 0.25) is 0 Å². The predicted octanol–water partition coefficient (Wildman–Crippen LogP) is 6.36. The molecule has 0 aliphatic heterocycles. The molecule has 0 nitrogen and oxygen atoms in total. The predicted molar refractivity (Wildman–Crippen MR) is 98.8 cm³/mol. The summed E-state index contributed by atoms with van der Waals surface area (Å²) in [6, 6.07) is 0. The Morgan fingerprint density at radius 1 is 0.739 bits per heavy atom. The molecule has 2 aliphatic rings. The normalized spacial score (nSPS) is 16.7. The summed E-state index contributed by atoms with van der Waals surface area (Å²) in [4.78, 5) is 0. The minimum Gasteiger partial charge on any atom is -0.500 e. The molecular weight excluding hydrogens is 355 g/mol. The van der Waals surface area contributed by atoms with Crippen LogP contribution in [0.5, 0.6) is 0 Å². The van der Waals surface area contributed by atoms with Crippen LogP contribution in [0.1, 0.15) is 58.8 Å². The second-order valence-electron chi connectivity index (χ2n) is 5.16. The zero-order valence-electron chi connectivity index (χ0n) is 14.9. The van der Waals surface area contributed by atoms with Gasteiger partial charge in [-0.2, -0.15) is 12.8 Å². The largest absolute Gasteiger partial charge is 4.00 e. The molecule has 0 aromatic carbocycles. The Hall–Kier alpha value is 0.623. The van der Waals surface area contributed by atoms with E-state index < -0.39 is 0 Å². The summed E-state index contributed by atoms with van der Waals surface area (Å²) < 4.78 is 0. The average molecular weight is 388 g/mol. The molecule has 0 bridgehead atoms. The molecule has 0 heterocycles. The van der Waals surface area contributed by atoms with Crippen LogP contribution < -0.4 is 0 Å². The first-order valence-electron chi connectivity index (χ1n) is 8.56. The van der Waals surface area contributed by atoms with Crippen molar-refractivity contribution in [2.75, 3.05) is 0 Å². The Bertz CT molecular complexity index is 199. The van der Waals surface area contributed by atoms with E-state index in [0.29, 0.717) is 0 Å². The molecule has 0 N–H and O–H groups in total. The first-order chi connectivity index (χ1) is 10.8. The number of unbranched alkanes of at least 4 members (excludes halogenated alkanes) is 3. The Morgan fingerprint density at radius 2 is 1.13 bits per heavy atom. The van der Waals surface area contributed by atoms with Gasteiger partial charge in [0.15, 0.2) is 0 Å². The van der Waals surface area contributed by atoms with Crippen LogP contribution in [0.3, 0.4) is 0 Å². The molecule has 10 radical (unpaired) electrons. The Labute approximate surface area is 167 Å². The molecule has 1 heteroatoms. The van der Waals surface area contributed by atoms with Crippen LogP contribution in [0.25, 0.3) is 0 Å². The van der Waals surface area contributed by atoms with Crippen LogP contribution in [0.4, 0.5) is 0 Å². The zero-order chi connectivity index (χ0) is 16.3. The van der Waals surface area contributed by atoms with E-state index in [1.807, 2.05) is 64.2 Å². The number of allylic oxidation sites excluding steroid dienone is 2. The van der Waals surface area contributed by atoms with Gasteiger partial charge in [0, 0.05) is 0 Å². The van der Waals surface area contributed by atoms with Gasteiger partial charge in [-0.3, -0.25) is 5.57 Å². The fourth-order valence-corrected chi connectivity index (χ4v) is 1.78. The van der Waals surface area contributed by atoms with Crippen molar-refractivity contribution >= 4 is 0 Å². The van der Waals surface area contributed by atoms with Gasteiger partial charge in [-0.1, -0.05) is 46.0 Å². The van der Waals surface area contributed by atoms with Crippen molar-refractivity contribution in [2.24, 2.45) is 0 Å². The van der Waals surface area contributed by atoms with Gasteiger partial charge in [-0.05, 0) is 64.2 Å². The quantitative estimate of drug-likeness (QED) is 0.352. The van der Waals surface area contributed by atoms with Crippen LogP contribution in [0.15, 0.2) is 5.57 Å². The van der Waals surface area contributed by atoms with Gasteiger partial charge in [-0.15, -0.1) is 0 Å². The molecule has 0 saturated heterocycles. The van der Waals surface area contributed by atoms with E-state index in [9.17, 15) is 0 Å². The number of hydrogen-bond donors (Lipinski definition) is 0. The minimum atomic E-state index is 0. The third kappa shape index (κ3) is 20.6. The van der Waals surface area contributed by atoms with Gasteiger partial charge in [0.05, 0.1) is 0 Å². The fraction of sp³-hybridized carbons (Fsp3) is 0.409. The number of hydrogen-bond acceptors (Lipinski definition) is 0. The van der Waals surface area contributed by atoms with Crippen LogP contribution in [-0.2, 0) is 26.2 Å². The maximum Gasteiger partial charge on any atom is 4.00 e. The molecule has 0 amide bonds. The molecule has 23 heavy (non-hydrogen) atoms. The van der Waals surface area contributed by atoms with Gasteiger partial charge < -0.3 is 13.0 Å². The molecule has 2 saturated carbocycles. The van der Waals surface area contributed by atoms with Crippen molar-refractivity contribution in [3.05, 3.63) is 82.8 Å². The van der Waals surface area contributed by atoms with Crippen molar-refractivity contribution in [3.63, 3.8) is 0 Å². The zero-order valence-corrected chi connectivity index (χ0v) is 17.4. The van der Waals surface area contributed by atoms with Gasteiger partial charge in [0.25, 0.3) is 0 Å². The van der Waals surface area contributed by atoms with Crippen molar-refractivity contribution < 1.29 is 26.2 Å². The van der Waals surface area contributed by atoms with E-state index in [0.717, 1.165) is 12.8 Å². The van der Waals surface area contributed by atoms with E-state index in [2.05, 4.69) is 26.8 Å². The van der Waals surface area contributed by atoms with Crippen molar-refractivity contribution in [1.82, 2.24) is 0 Å². The van der Waals surface area contributed by atoms with Gasteiger partial charge in [0.2, 0.25) is 0 Å². The first-order valence-corrected chi connectivity index (χ1v) is 8.56. The topological polar surface area (TPSA) is 0 Å².